The summed E-state index contributed by atoms with van der Waals surface area (Å²) in [4.78, 5) is 65.9. The van der Waals surface area contributed by atoms with Gasteiger partial charge >= 0.3 is 21.2 Å². The van der Waals surface area contributed by atoms with Crippen LogP contribution >= 0.6 is 27.4 Å². The largest absolute Gasteiger partial charge is 0.492 e. The van der Waals surface area contributed by atoms with Crippen LogP contribution in [0.4, 0.5) is 10.1 Å². The van der Waals surface area contributed by atoms with Gasteiger partial charge in [0.2, 0.25) is 5.43 Å². The summed E-state index contributed by atoms with van der Waals surface area (Å²) in [7, 11) is -8.78. The zero-order chi connectivity index (χ0) is 33.7. The number of thiocarbonyl (C=S) groups is 1. The van der Waals surface area contributed by atoms with Crippen LogP contribution in [-0.2, 0) is 15.6 Å². The number of aromatic nitrogens is 1. The lowest BCUT2D eigenvalue weighted by Crippen LogP contribution is -2.55. The van der Waals surface area contributed by atoms with Crippen molar-refractivity contribution in [1.29, 1.82) is 0 Å². The average Bonchev–Trinajstić information content (AvgIpc) is 3.80. The van der Waals surface area contributed by atoms with E-state index in [0.717, 1.165) is 18.9 Å². The fraction of sp³-hybridized carbons (Fsp3) is 0.393. The standard InChI is InChI=1S/C28H32FN3O11P2S/c1-15-13-30(24-21(29)12-19-23(26(24)42-2)32(17-5-6-17)14-20(25(19)33)27(34)35)9-10-31(15)28(46)43-18-7-3-16(4-8-18)11-22(44(36,37)38)45(39,40)41/h3-4,7-8,12,14-15,17,22H,5-6,9-11,13H2,1-2H3,(H,34,35)(H2,36,37,38)(H2,39,40,41). The van der Waals surface area contributed by atoms with Crippen molar-refractivity contribution >= 4 is 55.1 Å². The van der Waals surface area contributed by atoms with E-state index < -0.39 is 49.8 Å². The summed E-state index contributed by atoms with van der Waals surface area (Å²) < 4.78 is 52.2. The molecule has 1 aliphatic heterocycles. The first-order valence-electron chi connectivity index (χ1n) is 14.1. The minimum atomic E-state index is -5.08. The lowest BCUT2D eigenvalue weighted by atomic mass is 10.1. The van der Waals surface area contributed by atoms with Gasteiger partial charge in [0, 0.05) is 37.9 Å². The van der Waals surface area contributed by atoms with Gasteiger partial charge in [0.05, 0.1) is 18.0 Å². The Kier molecular flexibility index (Phi) is 9.37. The number of methoxy groups -OCH3 is 1. The molecule has 2 aromatic carbocycles. The monoisotopic (exact) mass is 699 g/mol. The first-order chi connectivity index (χ1) is 21.5. The Morgan fingerprint density at radius 2 is 1.74 bits per heavy atom. The Balaban J connectivity index is 1.34. The molecule has 1 unspecified atom stereocenters. The highest BCUT2D eigenvalue weighted by atomic mass is 32.1. The molecule has 2 aliphatic rings. The van der Waals surface area contributed by atoms with E-state index in [1.165, 1.54) is 37.6 Å². The molecule has 1 saturated carbocycles. The quantitative estimate of drug-likeness (QED) is 0.161. The molecular formula is C28H32FN3O11P2S. The molecule has 2 fully saturated rings. The second kappa shape index (κ2) is 12.7. The molecule has 18 heteroatoms. The maximum Gasteiger partial charge on any atom is 0.341 e. The highest BCUT2D eigenvalue weighted by molar-refractivity contribution is 7.80. The molecule has 3 aromatic rings. The van der Waals surface area contributed by atoms with Crippen molar-refractivity contribution in [1.82, 2.24) is 9.47 Å². The maximum atomic E-state index is 15.8. The lowest BCUT2D eigenvalue weighted by molar-refractivity contribution is 0.0694. The van der Waals surface area contributed by atoms with Crippen molar-refractivity contribution < 1.29 is 52.5 Å². The number of hydrogen-bond acceptors (Lipinski definition) is 8. The predicted octanol–water partition coefficient (Wildman–Crippen LogP) is 3.28. The number of benzene rings is 2. The molecular weight excluding hydrogens is 667 g/mol. The third-order valence-corrected chi connectivity index (χ3v) is 12.1. The number of anilines is 1. The third-order valence-electron chi connectivity index (χ3n) is 8.07. The molecule has 0 bridgehead atoms. The van der Waals surface area contributed by atoms with Crippen molar-refractivity contribution in [2.24, 2.45) is 0 Å². The molecule has 5 N–H and O–H groups in total. The van der Waals surface area contributed by atoms with E-state index in [1.807, 2.05) is 6.92 Å². The van der Waals surface area contributed by atoms with Crippen molar-refractivity contribution in [3.05, 3.63) is 63.7 Å². The fourth-order valence-electron chi connectivity index (χ4n) is 5.65. The lowest BCUT2D eigenvalue weighted by Gasteiger charge is -2.42. The summed E-state index contributed by atoms with van der Waals surface area (Å²) >= 11 is 5.52. The summed E-state index contributed by atoms with van der Waals surface area (Å²) in [6.07, 6.45) is 2.31. The molecule has 2 heterocycles. The van der Waals surface area contributed by atoms with Crippen molar-refractivity contribution in [2.75, 3.05) is 31.6 Å². The number of ether oxygens (including phenoxy) is 2. The van der Waals surface area contributed by atoms with Gasteiger partial charge in [-0.1, -0.05) is 12.1 Å². The molecule has 248 valence electrons. The number of halogens is 1. The van der Waals surface area contributed by atoms with E-state index in [1.54, 1.807) is 14.4 Å². The van der Waals surface area contributed by atoms with Crippen LogP contribution in [0.25, 0.3) is 10.9 Å². The van der Waals surface area contributed by atoms with Crippen LogP contribution in [0.2, 0.25) is 0 Å². The van der Waals surface area contributed by atoms with Crippen molar-refractivity contribution in [2.45, 2.75) is 43.7 Å². The van der Waals surface area contributed by atoms with Crippen LogP contribution in [0.15, 0.2) is 41.3 Å². The molecule has 1 aliphatic carbocycles. The van der Waals surface area contributed by atoms with E-state index in [-0.39, 0.29) is 51.9 Å². The number of pyridine rings is 1. The van der Waals surface area contributed by atoms with Gasteiger partial charge in [0.15, 0.2) is 17.0 Å². The van der Waals surface area contributed by atoms with Gasteiger partial charge in [-0.25, -0.2) is 9.18 Å². The SMILES string of the molecule is COc1c(N2CCN(C(=S)Oc3ccc(CC(P(=O)(O)O)P(=O)(O)O)cc3)C(C)C2)c(F)cc2c(=O)c(C(=O)O)cn(C3CC3)c12. The van der Waals surface area contributed by atoms with E-state index in [0.29, 0.717) is 18.6 Å². The smallest absolute Gasteiger partial charge is 0.341 e. The van der Waals surface area contributed by atoms with Crippen LogP contribution < -0.4 is 19.8 Å². The second-order valence-corrected chi connectivity index (χ2v) is 15.7. The van der Waals surface area contributed by atoms with Crippen LogP contribution in [0.5, 0.6) is 11.5 Å². The molecule has 1 saturated heterocycles. The van der Waals surface area contributed by atoms with Crippen molar-refractivity contribution in [3.63, 3.8) is 0 Å². The van der Waals surface area contributed by atoms with Crippen LogP contribution in [0, 0.1) is 5.82 Å². The first-order valence-corrected chi connectivity index (χ1v) is 17.9. The van der Waals surface area contributed by atoms with Crippen LogP contribution in [0.1, 0.15) is 41.7 Å². The zero-order valence-corrected chi connectivity index (χ0v) is 27.3. The van der Waals surface area contributed by atoms with Crippen molar-refractivity contribution in [3.8, 4) is 11.5 Å². The van der Waals surface area contributed by atoms with E-state index in [4.69, 9.17) is 21.7 Å². The van der Waals surface area contributed by atoms with E-state index in [9.17, 15) is 43.4 Å². The Hall–Kier alpha value is -3.36. The Bertz CT molecular complexity index is 1830. The van der Waals surface area contributed by atoms with Gasteiger partial charge < -0.3 is 48.5 Å². The van der Waals surface area contributed by atoms with Gasteiger partial charge in [-0.15, -0.1) is 0 Å². The molecule has 5 rings (SSSR count). The Labute approximate surface area is 267 Å². The molecule has 0 radical (unpaired) electrons. The van der Waals surface area contributed by atoms with Gasteiger partial charge in [-0.3, -0.25) is 13.9 Å². The number of aromatic carboxylic acids is 1. The maximum absolute atomic E-state index is 15.8. The molecule has 1 aromatic heterocycles. The summed E-state index contributed by atoms with van der Waals surface area (Å²) in [6.45, 7) is 2.76. The first kappa shape index (κ1) is 34.0. The highest BCUT2D eigenvalue weighted by Crippen LogP contribution is 2.61. The Morgan fingerprint density at radius 3 is 2.26 bits per heavy atom. The topological polar surface area (TPSA) is 199 Å². The van der Waals surface area contributed by atoms with Gasteiger partial charge in [-0.05, 0) is 62.2 Å². The molecule has 14 nitrogen and oxygen atoms in total. The minimum Gasteiger partial charge on any atom is -0.492 e. The average molecular weight is 700 g/mol. The summed E-state index contributed by atoms with van der Waals surface area (Å²) in [5.74, 6) is -1.70. The number of piperazine rings is 1. The number of fused-ring (bicyclic) bond motifs is 1. The van der Waals surface area contributed by atoms with Gasteiger partial charge in [-0.2, -0.15) is 0 Å². The van der Waals surface area contributed by atoms with Crippen LogP contribution in [-0.4, -0.2) is 83.5 Å². The number of carbonyl (C=O) groups is 1. The molecule has 0 amide bonds. The highest BCUT2D eigenvalue weighted by Gasteiger charge is 2.43. The zero-order valence-electron chi connectivity index (χ0n) is 24.6. The van der Waals surface area contributed by atoms with E-state index in [2.05, 4.69) is 0 Å². The Morgan fingerprint density at radius 1 is 1.11 bits per heavy atom. The van der Waals surface area contributed by atoms with Gasteiger partial charge in [0.1, 0.15) is 17.0 Å². The fourth-order valence-corrected chi connectivity index (χ4v) is 8.49. The normalized spacial score (nSPS) is 17.4. The van der Waals surface area contributed by atoms with E-state index >= 15 is 4.39 Å². The van der Waals surface area contributed by atoms with Gasteiger partial charge in [0.25, 0.3) is 5.17 Å². The number of carboxylic acid groups (broad SMARTS) is 1. The predicted molar refractivity (Wildman–Crippen MR) is 170 cm³/mol. The summed E-state index contributed by atoms with van der Waals surface area (Å²) in [5.41, 5.74) is -0.480. The number of rotatable bonds is 9. The summed E-state index contributed by atoms with van der Waals surface area (Å²) in [5, 5.41) is 7.44. The third kappa shape index (κ3) is 6.84. The van der Waals surface area contributed by atoms with Crippen LogP contribution in [0.3, 0.4) is 0 Å². The number of nitrogens with zero attached hydrogens (tertiary/aromatic N) is 3. The number of hydrogen-bond donors (Lipinski definition) is 5. The second-order valence-electron chi connectivity index (χ2n) is 11.3. The molecule has 46 heavy (non-hydrogen) atoms. The minimum absolute atomic E-state index is 0.0358. The number of carboxylic acids is 1. The summed E-state index contributed by atoms with van der Waals surface area (Å²) in [6, 6.07) is 6.52. The molecule has 1 atom stereocenters. The molecule has 0 spiro atoms.